The van der Waals surface area contributed by atoms with Crippen LogP contribution < -0.4 is 24.8 Å². The first-order chi connectivity index (χ1) is 17.2. The number of carbonyl (C=O) groups is 4. The van der Waals surface area contributed by atoms with Crippen LogP contribution in [-0.4, -0.2) is 49.0 Å². The first-order valence-corrected chi connectivity index (χ1v) is 11.2. The average Bonchev–Trinajstić information content (AvgIpc) is 3.40. The van der Waals surface area contributed by atoms with Crippen LogP contribution in [0.3, 0.4) is 0 Å². The largest absolute Gasteiger partial charge is 0.497 e. The number of benzene rings is 3. The zero-order chi connectivity index (χ0) is 25.6. The molecule has 10 nitrogen and oxygen atoms in total. The summed E-state index contributed by atoms with van der Waals surface area (Å²) in [4.78, 5) is 51.9. The van der Waals surface area contributed by atoms with Crippen molar-refractivity contribution in [1.29, 1.82) is 0 Å². The van der Waals surface area contributed by atoms with Crippen LogP contribution >= 0.6 is 0 Å². The number of carbonyl (C=O) groups excluding carboxylic acids is 4. The second-order valence-corrected chi connectivity index (χ2v) is 8.73. The van der Waals surface area contributed by atoms with Gasteiger partial charge in [-0.05, 0) is 54.4 Å². The van der Waals surface area contributed by atoms with Crippen molar-refractivity contribution in [3.05, 3.63) is 59.7 Å². The van der Waals surface area contributed by atoms with Gasteiger partial charge in [0.15, 0.2) is 17.3 Å². The van der Waals surface area contributed by atoms with Gasteiger partial charge < -0.3 is 24.8 Å². The number of ether oxygens (including phenoxy) is 3. The topological polar surface area (TPSA) is 123 Å². The van der Waals surface area contributed by atoms with E-state index in [4.69, 9.17) is 14.2 Å². The predicted octanol–water partition coefficient (Wildman–Crippen LogP) is 3.19. The standard InChI is InChI=1S/C26H23N3O7/c1-14(30)19-10-21-22(36-13-35-21)11-20(19)27-23(31)12-29-24(32)26(2,28-25(29)33)17-6-4-16-9-18(34-3)7-5-15(16)8-17/h4-11H,12-13H2,1-3H3,(H,27,31)(H,28,33). The molecule has 10 heteroatoms. The maximum Gasteiger partial charge on any atom is 0.325 e. The Labute approximate surface area is 206 Å². The molecule has 2 N–H and O–H groups in total. The molecule has 0 radical (unpaired) electrons. The van der Waals surface area contributed by atoms with Crippen LogP contribution in [0.25, 0.3) is 10.8 Å². The number of nitrogens with one attached hydrogen (secondary N) is 2. The van der Waals surface area contributed by atoms with Gasteiger partial charge in [-0.15, -0.1) is 0 Å². The summed E-state index contributed by atoms with van der Waals surface area (Å²) in [6.45, 7) is 2.43. The van der Waals surface area contributed by atoms with Gasteiger partial charge in [0.2, 0.25) is 12.7 Å². The first-order valence-electron chi connectivity index (χ1n) is 11.2. The lowest BCUT2D eigenvalue weighted by atomic mass is 9.90. The van der Waals surface area contributed by atoms with Crippen LogP contribution in [0, 0.1) is 0 Å². The number of methoxy groups -OCH3 is 1. The number of ketones is 1. The van der Waals surface area contributed by atoms with Crippen LogP contribution in [0.4, 0.5) is 10.5 Å². The fourth-order valence-corrected chi connectivity index (χ4v) is 4.37. The quantitative estimate of drug-likeness (QED) is 0.403. The van der Waals surface area contributed by atoms with Crippen molar-refractivity contribution < 1.29 is 33.4 Å². The van der Waals surface area contributed by atoms with Gasteiger partial charge in [0.25, 0.3) is 5.91 Å². The minimum absolute atomic E-state index is 0.00737. The van der Waals surface area contributed by atoms with E-state index in [9.17, 15) is 19.2 Å². The molecule has 1 saturated heterocycles. The maximum atomic E-state index is 13.3. The van der Waals surface area contributed by atoms with E-state index in [1.165, 1.54) is 19.1 Å². The summed E-state index contributed by atoms with van der Waals surface area (Å²) in [6, 6.07) is 13.3. The van der Waals surface area contributed by atoms with E-state index in [1.807, 2.05) is 30.3 Å². The van der Waals surface area contributed by atoms with Gasteiger partial charge >= 0.3 is 6.03 Å². The third kappa shape index (κ3) is 3.86. The molecular formula is C26H23N3O7. The second kappa shape index (κ2) is 8.56. The molecule has 2 aliphatic rings. The Morgan fingerprint density at radius 2 is 1.75 bits per heavy atom. The molecule has 1 fully saturated rings. The molecule has 3 aromatic rings. The Balaban J connectivity index is 1.36. The number of hydrogen-bond donors (Lipinski definition) is 2. The minimum atomic E-state index is -1.35. The summed E-state index contributed by atoms with van der Waals surface area (Å²) in [5, 5.41) is 7.10. The number of imide groups is 1. The Kier molecular flexibility index (Phi) is 5.51. The minimum Gasteiger partial charge on any atom is -0.497 e. The zero-order valence-electron chi connectivity index (χ0n) is 19.8. The highest BCUT2D eigenvalue weighted by molar-refractivity contribution is 6.11. The predicted molar refractivity (Wildman–Crippen MR) is 129 cm³/mol. The normalized spacial score (nSPS) is 18.4. The van der Waals surface area contributed by atoms with Crippen LogP contribution in [-0.2, 0) is 15.1 Å². The van der Waals surface area contributed by atoms with Gasteiger partial charge in [-0.1, -0.05) is 18.2 Å². The van der Waals surface area contributed by atoms with E-state index >= 15 is 0 Å². The van der Waals surface area contributed by atoms with Crippen LogP contribution in [0.5, 0.6) is 17.2 Å². The molecule has 2 heterocycles. The van der Waals surface area contributed by atoms with Crippen LogP contribution in [0.2, 0.25) is 0 Å². The average molecular weight is 489 g/mol. The maximum absolute atomic E-state index is 13.3. The summed E-state index contributed by atoms with van der Waals surface area (Å²) < 4.78 is 15.9. The molecule has 0 aromatic heterocycles. The van der Waals surface area contributed by atoms with Crippen molar-refractivity contribution in [3.63, 3.8) is 0 Å². The molecule has 5 rings (SSSR count). The summed E-state index contributed by atoms with van der Waals surface area (Å²) in [7, 11) is 1.58. The zero-order valence-corrected chi connectivity index (χ0v) is 19.8. The van der Waals surface area contributed by atoms with E-state index in [0.717, 1.165) is 15.7 Å². The third-order valence-electron chi connectivity index (χ3n) is 6.37. The molecule has 0 bridgehead atoms. The molecule has 0 saturated carbocycles. The highest BCUT2D eigenvalue weighted by atomic mass is 16.7. The number of urea groups is 1. The molecule has 1 unspecified atom stereocenters. The van der Waals surface area contributed by atoms with E-state index < -0.39 is 29.9 Å². The molecule has 4 amide bonds. The second-order valence-electron chi connectivity index (χ2n) is 8.73. The molecule has 3 aromatic carbocycles. The van der Waals surface area contributed by atoms with E-state index in [0.29, 0.717) is 22.8 Å². The summed E-state index contributed by atoms with van der Waals surface area (Å²) >= 11 is 0. The van der Waals surface area contributed by atoms with Crippen molar-refractivity contribution in [1.82, 2.24) is 10.2 Å². The van der Waals surface area contributed by atoms with Crippen LogP contribution in [0.1, 0.15) is 29.8 Å². The first kappa shape index (κ1) is 23.2. The van der Waals surface area contributed by atoms with Crippen molar-refractivity contribution in [3.8, 4) is 17.2 Å². The molecule has 184 valence electrons. The number of amides is 4. The lowest BCUT2D eigenvalue weighted by Crippen LogP contribution is -2.42. The fraction of sp³-hybridized carbons (Fsp3) is 0.231. The van der Waals surface area contributed by atoms with Gasteiger partial charge in [0.1, 0.15) is 17.8 Å². The molecule has 36 heavy (non-hydrogen) atoms. The highest BCUT2D eigenvalue weighted by Gasteiger charge is 2.49. The van der Waals surface area contributed by atoms with E-state index in [-0.39, 0.29) is 23.8 Å². The van der Waals surface area contributed by atoms with Crippen molar-refractivity contribution >= 4 is 40.1 Å². The number of nitrogens with zero attached hydrogens (tertiary/aromatic N) is 1. The number of fused-ring (bicyclic) bond motifs is 2. The van der Waals surface area contributed by atoms with E-state index in [1.54, 1.807) is 20.1 Å². The number of hydrogen-bond acceptors (Lipinski definition) is 7. The van der Waals surface area contributed by atoms with Crippen molar-refractivity contribution in [2.24, 2.45) is 0 Å². The Morgan fingerprint density at radius 1 is 1.06 bits per heavy atom. The van der Waals surface area contributed by atoms with Gasteiger partial charge in [-0.3, -0.25) is 19.3 Å². The number of rotatable bonds is 6. The Morgan fingerprint density at radius 3 is 2.47 bits per heavy atom. The van der Waals surface area contributed by atoms with E-state index in [2.05, 4.69) is 10.6 Å². The van der Waals surface area contributed by atoms with Gasteiger partial charge in [0, 0.05) is 11.6 Å². The molecule has 2 aliphatic heterocycles. The molecule has 0 spiro atoms. The summed E-state index contributed by atoms with van der Waals surface area (Å²) in [6.07, 6.45) is 0. The smallest absolute Gasteiger partial charge is 0.325 e. The number of Topliss-reactive ketones (excluding diaryl/α,β-unsaturated/α-hetero) is 1. The van der Waals surface area contributed by atoms with Crippen molar-refractivity contribution in [2.75, 3.05) is 25.8 Å². The van der Waals surface area contributed by atoms with Crippen molar-refractivity contribution in [2.45, 2.75) is 19.4 Å². The monoisotopic (exact) mass is 489 g/mol. The lowest BCUT2D eigenvalue weighted by Gasteiger charge is -2.23. The Bertz CT molecular complexity index is 1450. The van der Waals surface area contributed by atoms with Gasteiger partial charge in [-0.2, -0.15) is 0 Å². The van der Waals surface area contributed by atoms with Crippen LogP contribution in [0.15, 0.2) is 48.5 Å². The van der Waals surface area contributed by atoms with Gasteiger partial charge in [0.05, 0.1) is 12.8 Å². The lowest BCUT2D eigenvalue weighted by molar-refractivity contribution is -0.133. The third-order valence-corrected chi connectivity index (χ3v) is 6.37. The van der Waals surface area contributed by atoms with Gasteiger partial charge in [-0.25, -0.2) is 4.79 Å². The molecule has 0 aliphatic carbocycles. The molecule has 1 atom stereocenters. The summed E-state index contributed by atoms with van der Waals surface area (Å²) in [5.74, 6) is -0.00854. The molecular weight excluding hydrogens is 466 g/mol. The highest BCUT2D eigenvalue weighted by Crippen LogP contribution is 2.37. The number of anilines is 1. The SMILES string of the molecule is COc1ccc2cc(C3(C)NC(=O)N(CC(=O)Nc4cc5c(cc4C(C)=O)OCO5)C3=O)ccc2c1. The summed E-state index contributed by atoms with van der Waals surface area (Å²) in [5.41, 5.74) is -0.343. The Hall–Kier alpha value is -4.60. The fourth-order valence-electron chi connectivity index (χ4n) is 4.37.